The monoisotopic (exact) mass is 422 g/mol. The number of thiocarbonyl (C=S) groups is 1. The van der Waals surface area contributed by atoms with Crippen molar-refractivity contribution in [2.24, 2.45) is 0 Å². The normalized spacial score (nSPS) is 15.7. The molecule has 0 saturated carbocycles. The number of carbonyl (C=O) groups excluding carboxylic acids is 1. The maximum Gasteiger partial charge on any atom is 0.265 e. The first-order chi connectivity index (χ1) is 14.0. The largest absolute Gasteiger partial charge is 0.493 e. The van der Waals surface area contributed by atoms with Crippen LogP contribution in [-0.4, -0.2) is 33.3 Å². The highest BCUT2D eigenvalue weighted by Crippen LogP contribution is 2.33. The van der Waals surface area contributed by atoms with Crippen molar-refractivity contribution in [3.05, 3.63) is 70.8 Å². The highest BCUT2D eigenvalue weighted by molar-refractivity contribution is 8.26. The number of ether oxygens (including phenoxy) is 1. The summed E-state index contributed by atoms with van der Waals surface area (Å²) in [6.07, 6.45) is 4.95. The molecule has 1 aromatic heterocycles. The molecule has 4 rings (SSSR count). The Balaban J connectivity index is 1.51. The van der Waals surface area contributed by atoms with Gasteiger partial charge in [-0.25, -0.2) is 0 Å². The third-order valence-electron chi connectivity index (χ3n) is 4.99. The van der Waals surface area contributed by atoms with Gasteiger partial charge in [-0.05, 0) is 37.1 Å². The number of likely N-dealkylation sites (N-methyl/N-ethyl adjacent to an activating group) is 1. The van der Waals surface area contributed by atoms with Crippen LogP contribution in [0.25, 0.3) is 17.0 Å². The molecule has 1 fully saturated rings. The zero-order chi connectivity index (χ0) is 20.4. The highest BCUT2D eigenvalue weighted by Gasteiger charge is 2.29. The minimum Gasteiger partial charge on any atom is -0.493 e. The quantitative estimate of drug-likeness (QED) is 0.309. The van der Waals surface area contributed by atoms with Crippen LogP contribution in [0.2, 0.25) is 0 Å². The van der Waals surface area contributed by atoms with Gasteiger partial charge in [0.15, 0.2) is 0 Å². The molecule has 1 aliphatic rings. The molecule has 3 aromatic rings. The molecular weight excluding hydrogens is 400 g/mol. The van der Waals surface area contributed by atoms with E-state index < -0.39 is 0 Å². The number of carbonyl (C=O) groups is 1. The Labute approximate surface area is 180 Å². The van der Waals surface area contributed by atoms with Crippen LogP contribution in [0.4, 0.5) is 0 Å². The van der Waals surface area contributed by atoms with Crippen molar-refractivity contribution in [3.8, 4) is 5.75 Å². The molecule has 148 valence electrons. The van der Waals surface area contributed by atoms with E-state index in [2.05, 4.69) is 35.9 Å². The summed E-state index contributed by atoms with van der Waals surface area (Å²) in [7, 11) is 1.72. The molecule has 0 unspecified atom stereocenters. The maximum atomic E-state index is 12.4. The number of benzene rings is 2. The van der Waals surface area contributed by atoms with Crippen molar-refractivity contribution in [2.75, 3.05) is 13.7 Å². The number of thioether (sulfide) groups is 1. The average Bonchev–Trinajstić information content (AvgIpc) is 3.19. The lowest BCUT2D eigenvalue weighted by atomic mass is 10.1. The van der Waals surface area contributed by atoms with Gasteiger partial charge in [-0.2, -0.15) is 0 Å². The Hall–Kier alpha value is -2.57. The van der Waals surface area contributed by atoms with Gasteiger partial charge < -0.3 is 9.30 Å². The summed E-state index contributed by atoms with van der Waals surface area (Å²) >= 11 is 6.60. The predicted molar refractivity (Wildman–Crippen MR) is 124 cm³/mol. The number of aromatic nitrogens is 1. The van der Waals surface area contributed by atoms with E-state index in [1.54, 1.807) is 7.05 Å². The number of rotatable bonds is 6. The summed E-state index contributed by atoms with van der Waals surface area (Å²) in [5, 5.41) is 1.13. The van der Waals surface area contributed by atoms with Crippen molar-refractivity contribution >= 4 is 51.2 Å². The van der Waals surface area contributed by atoms with Gasteiger partial charge in [0.1, 0.15) is 10.1 Å². The number of hydrogen-bond acceptors (Lipinski definition) is 4. The molecular formula is C23H22N2O2S2. The van der Waals surface area contributed by atoms with Gasteiger partial charge in [0.25, 0.3) is 5.91 Å². The van der Waals surface area contributed by atoms with Crippen LogP contribution in [0.5, 0.6) is 5.75 Å². The van der Waals surface area contributed by atoms with Gasteiger partial charge >= 0.3 is 0 Å². The van der Waals surface area contributed by atoms with Crippen LogP contribution in [0.1, 0.15) is 17.5 Å². The molecule has 0 N–H and O–H groups in total. The fourth-order valence-electron chi connectivity index (χ4n) is 3.40. The molecule has 29 heavy (non-hydrogen) atoms. The molecule has 4 nitrogen and oxygen atoms in total. The zero-order valence-corrected chi connectivity index (χ0v) is 18.1. The second-order valence-corrected chi connectivity index (χ2v) is 8.68. The Morgan fingerprint density at radius 2 is 1.90 bits per heavy atom. The SMILES string of the molecule is Cc1ccccc1OCCCn1cc(/C=C2\SC(=S)N(C)C2=O)c2ccccc21. The summed E-state index contributed by atoms with van der Waals surface area (Å²) in [5.74, 6) is 0.899. The van der Waals surface area contributed by atoms with Gasteiger partial charge in [0.2, 0.25) is 0 Å². The molecule has 6 heteroatoms. The Kier molecular flexibility index (Phi) is 5.74. The molecule has 1 aliphatic heterocycles. The van der Waals surface area contributed by atoms with E-state index in [9.17, 15) is 4.79 Å². The second-order valence-electron chi connectivity index (χ2n) is 7.00. The minimum absolute atomic E-state index is 0.0385. The first-order valence-electron chi connectivity index (χ1n) is 9.52. The fourth-order valence-corrected chi connectivity index (χ4v) is 4.57. The first-order valence-corrected chi connectivity index (χ1v) is 10.7. The molecule has 0 aliphatic carbocycles. The predicted octanol–water partition coefficient (Wildman–Crippen LogP) is 5.25. The minimum atomic E-state index is -0.0385. The lowest BCUT2D eigenvalue weighted by Gasteiger charge is -2.09. The number of amides is 1. The summed E-state index contributed by atoms with van der Waals surface area (Å²) in [5.41, 5.74) is 3.34. The third-order valence-corrected chi connectivity index (χ3v) is 6.47. The smallest absolute Gasteiger partial charge is 0.265 e. The number of para-hydroxylation sites is 2. The lowest BCUT2D eigenvalue weighted by molar-refractivity contribution is -0.121. The van der Waals surface area contributed by atoms with E-state index in [0.717, 1.165) is 40.7 Å². The van der Waals surface area contributed by atoms with E-state index in [4.69, 9.17) is 17.0 Å². The summed E-state index contributed by atoms with van der Waals surface area (Å²) < 4.78 is 8.76. The summed E-state index contributed by atoms with van der Waals surface area (Å²) in [6.45, 7) is 3.55. The van der Waals surface area contributed by atoms with E-state index >= 15 is 0 Å². The number of fused-ring (bicyclic) bond motifs is 1. The topological polar surface area (TPSA) is 34.5 Å². The standard InChI is InChI=1S/C23H22N2O2S2/c1-16-8-3-6-11-20(16)27-13-7-12-25-15-17(18-9-4-5-10-19(18)25)14-21-22(26)24(2)23(28)29-21/h3-6,8-11,14-15H,7,12-13H2,1-2H3/b21-14-. The first kappa shape index (κ1) is 19.7. The van der Waals surface area contributed by atoms with Gasteiger partial charge in [0.05, 0.1) is 11.5 Å². The maximum absolute atomic E-state index is 12.4. The fraction of sp³-hybridized carbons (Fsp3) is 0.217. The van der Waals surface area contributed by atoms with Gasteiger partial charge in [-0.15, -0.1) is 0 Å². The van der Waals surface area contributed by atoms with Crippen molar-refractivity contribution in [1.82, 2.24) is 9.47 Å². The second kappa shape index (κ2) is 8.43. The summed E-state index contributed by atoms with van der Waals surface area (Å²) in [4.78, 5) is 14.6. The van der Waals surface area contributed by atoms with Crippen LogP contribution in [0.15, 0.2) is 59.6 Å². The van der Waals surface area contributed by atoms with Crippen molar-refractivity contribution in [3.63, 3.8) is 0 Å². The van der Waals surface area contributed by atoms with E-state index in [1.165, 1.54) is 16.7 Å². The van der Waals surface area contributed by atoms with Crippen LogP contribution in [0.3, 0.4) is 0 Å². The molecule has 1 amide bonds. The molecule has 1 saturated heterocycles. The van der Waals surface area contributed by atoms with E-state index in [-0.39, 0.29) is 5.91 Å². The Morgan fingerprint density at radius 3 is 2.66 bits per heavy atom. The van der Waals surface area contributed by atoms with Crippen molar-refractivity contribution in [2.45, 2.75) is 19.9 Å². The Morgan fingerprint density at radius 1 is 1.14 bits per heavy atom. The molecule has 2 aromatic carbocycles. The van der Waals surface area contributed by atoms with Crippen LogP contribution >= 0.6 is 24.0 Å². The van der Waals surface area contributed by atoms with Crippen LogP contribution in [0, 0.1) is 6.92 Å². The molecule has 0 bridgehead atoms. The van der Waals surface area contributed by atoms with Crippen molar-refractivity contribution < 1.29 is 9.53 Å². The lowest BCUT2D eigenvalue weighted by Crippen LogP contribution is -2.22. The Bertz CT molecular complexity index is 1120. The molecule has 0 radical (unpaired) electrons. The van der Waals surface area contributed by atoms with Crippen molar-refractivity contribution in [1.29, 1.82) is 0 Å². The summed E-state index contributed by atoms with van der Waals surface area (Å²) in [6, 6.07) is 16.3. The number of hydrogen-bond donors (Lipinski definition) is 0. The number of nitrogens with zero attached hydrogens (tertiary/aromatic N) is 2. The van der Waals surface area contributed by atoms with E-state index in [1.807, 2.05) is 36.4 Å². The molecule has 0 spiro atoms. The molecule has 2 heterocycles. The molecule has 0 atom stereocenters. The highest BCUT2D eigenvalue weighted by atomic mass is 32.2. The van der Waals surface area contributed by atoms with E-state index in [0.29, 0.717) is 15.8 Å². The van der Waals surface area contributed by atoms with Gasteiger partial charge in [0, 0.05) is 36.3 Å². The number of aryl methyl sites for hydroxylation is 2. The van der Waals surface area contributed by atoms with Crippen LogP contribution < -0.4 is 4.74 Å². The zero-order valence-electron chi connectivity index (χ0n) is 16.4. The third kappa shape index (κ3) is 4.09. The average molecular weight is 423 g/mol. The van der Waals surface area contributed by atoms with Crippen LogP contribution in [-0.2, 0) is 11.3 Å². The van der Waals surface area contributed by atoms with Gasteiger partial charge in [-0.1, -0.05) is 60.4 Å². The van der Waals surface area contributed by atoms with Gasteiger partial charge in [-0.3, -0.25) is 9.69 Å².